The van der Waals surface area contributed by atoms with Gasteiger partial charge in [0.05, 0.1) is 11.7 Å². The fraction of sp³-hybridized carbons (Fsp3) is 0.579. The van der Waals surface area contributed by atoms with Gasteiger partial charge in [-0.2, -0.15) is 9.40 Å². The summed E-state index contributed by atoms with van der Waals surface area (Å²) in [5.74, 6) is -0.308. The van der Waals surface area contributed by atoms with Gasteiger partial charge in [0.15, 0.2) is 0 Å². The smallest absolute Gasteiger partial charge is 0.268 e. The summed E-state index contributed by atoms with van der Waals surface area (Å²) < 4.78 is 30.6. The van der Waals surface area contributed by atoms with Gasteiger partial charge in [0.2, 0.25) is 10.0 Å². The summed E-state index contributed by atoms with van der Waals surface area (Å²) in [4.78, 5) is 13.0. The second-order valence-corrected chi connectivity index (χ2v) is 9.48. The van der Waals surface area contributed by atoms with E-state index in [-0.39, 0.29) is 16.8 Å². The van der Waals surface area contributed by atoms with E-state index in [1.807, 2.05) is 27.8 Å². The Kier molecular flexibility index (Phi) is 5.67. The van der Waals surface area contributed by atoms with Crippen LogP contribution in [0.3, 0.4) is 0 Å². The average molecular weight is 408 g/mol. The summed E-state index contributed by atoms with van der Waals surface area (Å²) in [5.41, 5.74) is 3.16. The van der Waals surface area contributed by atoms with E-state index < -0.39 is 10.0 Å². The van der Waals surface area contributed by atoms with Crippen molar-refractivity contribution in [1.29, 1.82) is 0 Å². The minimum atomic E-state index is -3.57. The molecule has 0 aromatic carbocycles. The van der Waals surface area contributed by atoms with Crippen LogP contribution in [0.4, 0.5) is 0 Å². The maximum Gasteiger partial charge on any atom is 0.268 e. The zero-order valence-electron chi connectivity index (χ0n) is 17.2. The number of nitrogens with zero attached hydrogens (tertiary/aromatic N) is 4. The Hall–Kier alpha value is -2.13. The van der Waals surface area contributed by atoms with Gasteiger partial charge in [-0.1, -0.05) is 6.42 Å². The number of piperidine rings is 1. The summed E-state index contributed by atoms with van der Waals surface area (Å²) in [7, 11) is -0.00859. The van der Waals surface area contributed by atoms with Crippen molar-refractivity contribution < 1.29 is 13.2 Å². The number of nitrogens with one attached hydrogen (secondary N) is 1. The average Bonchev–Trinajstić information content (AvgIpc) is 3.15. The quantitative estimate of drug-likeness (QED) is 0.821. The summed E-state index contributed by atoms with van der Waals surface area (Å²) in [5, 5.41) is 7.36. The molecular weight excluding hydrogens is 378 g/mol. The lowest BCUT2D eigenvalue weighted by atomic mass is 10.1. The molecule has 1 aliphatic rings. The Morgan fingerprint density at radius 1 is 1.18 bits per heavy atom. The normalized spacial score (nSPS) is 16.9. The zero-order valence-corrected chi connectivity index (χ0v) is 18.0. The van der Waals surface area contributed by atoms with Gasteiger partial charge < -0.3 is 9.88 Å². The summed E-state index contributed by atoms with van der Waals surface area (Å²) in [6.07, 6.45) is 4.32. The molecule has 1 amide bonds. The van der Waals surface area contributed by atoms with Crippen molar-refractivity contribution >= 4 is 15.9 Å². The van der Waals surface area contributed by atoms with Crippen molar-refractivity contribution in [3.8, 4) is 0 Å². The summed E-state index contributed by atoms with van der Waals surface area (Å²) >= 11 is 0. The number of aromatic nitrogens is 3. The van der Waals surface area contributed by atoms with Crippen molar-refractivity contribution in [2.75, 3.05) is 13.1 Å². The molecule has 1 saturated heterocycles. The van der Waals surface area contributed by atoms with E-state index in [0.29, 0.717) is 18.8 Å². The van der Waals surface area contributed by atoms with Crippen LogP contribution in [-0.4, -0.2) is 46.1 Å². The number of hydrogen-bond donors (Lipinski definition) is 1. The molecule has 9 heteroatoms. The lowest BCUT2D eigenvalue weighted by Gasteiger charge is -2.25. The molecule has 154 valence electrons. The molecule has 0 radical (unpaired) electrons. The molecule has 0 spiro atoms. The molecule has 1 N–H and O–H groups in total. The van der Waals surface area contributed by atoms with Crippen LogP contribution in [0.5, 0.6) is 0 Å². The molecule has 1 unspecified atom stereocenters. The second-order valence-electron chi connectivity index (χ2n) is 7.54. The molecule has 0 aliphatic carbocycles. The van der Waals surface area contributed by atoms with Crippen LogP contribution >= 0.6 is 0 Å². The Balaban J connectivity index is 1.81. The molecule has 3 rings (SSSR count). The topological polar surface area (TPSA) is 89.2 Å². The minimum absolute atomic E-state index is 0.170. The Morgan fingerprint density at radius 3 is 2.39 bits per heavy atom. The van der Waals surface area contributed by atoms with Crippen molar-refractivity contribution in [2.24, 2.45) is 14.1 Å². The molecule has 1 aliphatic heterocycles. The van der Waals surface area contributed by atoms with E-state index in [2.05, 4.69) is 10.4 Å². The monoisotopic (exact) mass is 407 g/mol. The number of hydrogen-bond acceptors (Lipinski definition) is 4. The zero-order chi connectivity index (χ0) is 20.6. The number of aryl methyl sites for hydroxylation is 3. The van der Waals surface area contributed by atoms with Gasteiger partial charge in [0, 0.05) is 44.6 Å². The third-order valence-corrected chi connectivity index (χ3v) is 7.37. The predicted octanol–water partition coefficient (Wildman–Crippen LogP) is 2.04. The first-order valence-electron chi connectivity index (χ1n) is 9.60. The number of carbonyl (C=O) groups is 1. The lowest BCUT2D eigenvalue weighted by molar-refractivity contribution is 0.0931. The highest BCUT2D eigenvalue weighted by molar-refractivity contribution is 7.89. The van der Waals surface area contributed by atoms with E-state index in [0.717, 1.165) is 36.2 Å². The lowest BCUT2D eigenvalue weighted by Crippen LogP contribution is -2.35. The van der Waals surface area contributed by atoms with Gasteiger partial charge in [0.1, 0.15) is 10.6 Å². The number of carbonyl (C=O) groups excluding carboxylic acids is 1. The predicted molar refractivity (Wildman–Crippen MR) is 107 cm³/mol. The fourth-order valence-electron chi connectivity index (χ4n) is 3.91. The molecule has 2 aromatic heterocycles. The summed E-state index contributed by atoms with van der Waals surface area (Å²) in [6.45, 7) is 6.86. The Labute approximate surface area is 166 Å². The highest BCUT2D eigenvalue weighted by atomic mass is 32.2. The molecule has 3 heterocycles. The van der Waals surface area contributed by atoms with Crippen LogP contribution in [0.25, 0.3) is 0 Å². The Bertz CT molecular complexity index is 984. The molecule has 0 saturated carbocycles. The highest BCUT2D eigenvalue weighted by Crippen LogP contribution is 2.24. The second kappa shape index (κ2) is 7.71. The molecule has 1 atom stereocenters. The van der Waals surface area contributed by atoms with Gasteiger partial charge >= 0.3 is 0 Å². The van der Waals surface area contributed by atoms with Crippen molar-refractivity contribution in [3.05, 3.63) is 34.9 Å². The first-order valence-corrected chi connectivity index (χ1v) is 11.0. The van der Waals surface area contributed by atoms with Gasteiger partial charge in [-0.15, -0.1) is 0 Å². The van der Waals surface area contributed by atoms with Crippen LogP contribution < -0.4 is 5.32 Å². The van der Waals surface area contributed by atoms with Gasteiger partial charge in [-0.3, -0.25) is 9.48 Å². The summed E-state index contributed by atoms with van der Waals surface area (Å²) in [6, 6.07) is 1.23. The Morgan fingerprint density at radius 2 is 1.82 bits per heavy atom. The third-order valence-electron chi connectivity index (χ3n) is 5.51. The number of rotatable bonds is 5. The highest BCUT2D eigenvalue weighted by Gasteiger charge is 2.29. The van der Waals surface area contributed by atoms with E-state index in [9.17, 15) is 13.2 Å². The van der Waals surface area contributed by atoms with Crippen LogP contribution in [0, 0.1) is 13.8 Å². The SMILES string of the molecule is Cc1nn(C)c(C)c1C(C)NC(=O)c1cc(S(=O)(=O)N2CCCCC2)cn1C. The molecule has 1 fully saturated rings. The van der Waals surface area contributed by atoms with E-state index in [1.165, 1.54) is 16.6 Å². The number of sulfonamides is 1. The molecule has 8 nitrogen and oxygen atoms in total. The van der Waals surface area contributed by atoms with Crippen LogP contribution in [-0.2, 0) is 24.1 Å². The van der Waals surface area contributed by atoms with Crippen LogP contribution in [0.1, 0.15) is 59.7 Å². The largest absolute Gasteiger partial charge is 0.345 e. The fourth-order valence-corrected chi connectivity index (χ4v) is 5.50. The number of amides is 1. The van der Waals surface area contributed by atoms with Crippen LogP contribution in [0.15, 0.2) is 17.2 Å². The van der Waals surface area contributed by atoms with Crippen molar-refractivity contribution in [1.82, 2.24) is 24.0 Å². The van der Waals surface area contributed by atoms with Crippen LogP contribution in [0.2, 0.25) is 0 Å². The molecule has 28 heavy (non-hydrogen) atoms. The maximum atomic E-state index is 12.9. The maximum absolute atomic E-state index is 12.9. The first-order chi connectivity index (χ1) is 13.1. The third kappa shape index (κ3) is 3.73. The molecular formula is C19H29N5O3S. The van der Waals surface area contributed by atoms with E-state index in [4.69, 9.17) is 0 Å². The van der Waals surface area contributed by atoms with E-state index in [1.54, 1.807) is 16.3 Å². The van der Waals surface area contributed by atoms with Crippen molar-refractivity contribution in [2.45, 2.75) is 51.0 Å². The first kappa shape index (κ1) is 20.6. The van der Waals surface area contributed by atoms with E-state index >= 15 is 0 Å². The van der Waals surface area contributed by atoms with Gasteiger partial charge in [0.25, 0.3) is 5.91 Å². The van der Waals surface area contributed by atoms with Crippen molar-refractivity contribution in [3.63, 3.8) is 0 Å². The minimum Gasteiger partial charge on any atom is -0.345 e. The van der Waals surface area contributed by atoms with Gasteiger partial charge in [-0.05, 0) is 39.7 Å². The molecule has 2 aromatic rings. The van der Waals surface area contributed by atoms with Gasteiger partial charge in [-0.25, -0.2) is 8.42 Å². The molecule has 0 bridgehead atoms. The standard InChI is InChI=1S/C19H29N5O3S/c1-13(18-14(2)21-23(5)15(18)3)20-19(25)17-11-16(12-22(17)4)28(26,27)24-9-7-6-8-10-24/h11-13H,6-10H2,1-5H3,(H,20,25).